The second-order valence-electron chi connectivity index (χ2n) is 2.69. The minimum Gasteiger partial charge on any atom is -0.226 e. The fourth-order valence-corrected chi connectivity index (χ4v) is 1.79. The first-order valence-corrected chi connectivity index (χ1v) is 5.18. The van der Waals surface area contributed by atoms with Gasteiger partial charge in [0.05, 0.1) is 5.69 Å². The predicted octanol–water partition coefficient (Wildman–Crippen LogP) is 3.56. The van der Waals surface area contributed by atoms with E-state index in [1.165, 1.54) is 0 Å². The number of hydrogen-bond acceptors (Lipinski definition) is 2. The monoisotopic (exact) mass is 268 g/mol. The molecule has 1 aromatic heterocycles. The Morgan fingerprint density at radius 3 is 2.64 bits per heavy atom. The minimum atomic E-state index is 0.262. The van der Waals surface area contributed by atoms with Gasteiger partial charge in [-0.05, 0) is 23.7 Å². The average molecular weight is 270 g/mol. The van der Waals surface area contributed by atoms with E-state index in [9.17, 15) is 0 Å². The van der Waals surface area contributed by atoms with Crippen LogP contribution in [0.3, 0.4) is 0 Å². The minimum absolute atomic E-state index is 0.262. The van der Waals surface area contributed by atoms with Crippen LogP contribution in [0.1, 0.15) is 0 Å². The van der Waals surface area contributed by atoms with E-state index in [0.29, 0.717) is 0 Å². The Bertz CT molecular complexity index is 459. The molecule has 2 nitrogen and oxygen atoms in total. The molecule has 0 unspecified atom stereocenters. The molecule has 2 rings (SSSR count). The molecular formula is C10H6BrClN2. The lowest BCUT2D eigenvalue weighted by atomic mass is 10.1. The van der Waals surface area contributed by atoms with E-state index >= 15 is 0 Å². The summed E-state index contributed by atoms with van der Waals surface area (Å²) in [4.78, 5) is 7.96. The molecule has 0 aliphatic heterocycles. The number of halogens is 2. The van der Waals surface area contributed by atoms with Crippen LogP contribution in [0.25, 0.3) is 11.3 Å². The van der Waals surface area contributed by atoms with Crippen molar-refractivity contribution >= 4 is 27.5 Å². The summed E-state index contributed by atoms with van der Waals surface area (Å²) in [6, 6.07) is 9.67. The third-order valence-electron chi connectivity index (χ3n) is 1.78. The molecular weight excluding hydrogens is 263 g/mol. The molecule has 70 valence electrons. The molecule has 0 aliphatic carbocycles. The highest BCUT2D eigenvalue weighted by Gasteiger charge is 2.03. The summed E-state index contributed by atoms with van der Waals surface area (Å²) in [6.45, 7) is 0. The number of benzene rings is 1. The van der Waals surface area contributed by atoms with Crippen LogP contribution >= 0.6 is 27.5 Å². The highest BCUT2D eigenvalue weighted by atomic mass is 79.9. The highest BCUT2D eigenvalue weighted by Crippen LogP contribution is 2.26. The van der Waals surface area contributed by atoms with Gasteiger partial charge in [-0.2, -0.15) is 0 Å². The predicted molar refractivity (Wildman–Crippen MR) is 60.2 cm³/mol. The van der Waals surface area contributed by atoms with Crippen molar-refractivity contribution in [1.82, 2.24) is 9.97 Å². The van der Waals surface area contributed by atoms with Gasteiger partial charge in [-0.15, -0.1) is 0 Å². The van der Waals surface area contributed by atoms with Crippen LogP contribution in [0.4, 0.5) is 0 Å². The first kappa shape index (κ1) is 9.62. The number of nitrogens with zero attached hydrogens (tertiary/aromatic N) is 2. The van der Waals surface area contributed by atoms with Gasteiger partial charge in [0.25, 0.3) is 0 Å². The third kappa shape index (κ3) is 1.94. The van der Waals surface area contributed by atoms with Crippen LogP contribution in [-0.2, 0) is 0 Å². The topological polar surface area (TPSA) is 25.8 Å². The van der Waals surface area contributed by atoms with E-state index in [2.05, 4.69) is 25.9 Å². The number of aromatic nitrogens is 2. The molecule has 0 N–H and O–H groups in total. The quantitative estimate of drug-likeness (QED) is 0.740. The van der Waals surface area contributed by atoms with E-state index in [-0.39, 0.29) is 5.28 Å². The van der Waals surface area contributed by atoms with Crippen molar-refractivity contribution in [3.8, 4) is 11.3 Å². The zero-order valence-electron chi connectivity index (χ0n) is 7.11. The maximum absolute atomic E-state index is 5.71. The van der Waals surface area contributed by atoms with Gasteiger partial charge in [-0.3, -0.25) is 0 Å². The first-order valence-electron chi connectivity index (χ1n) is 4.01. The van der Waals surface area contributed by atoms with Crippen LogP contribution in [-0.4, -0.2) is 9.97 Å². The summed E-state index contributed by atoms with van der Waals surface area (Å²) in [5.74, 6) is 0. The van der Waals surface area contributed by atoms with Crippen molar-refractivity contribution in [2.75, 3.05) is 0 Å². The molecule has 0 spiro atoms. The van der Waals surface area contributed by atoms with Crippen LogP contribution in [0.2, 0.25) is 5.28 Å². The standard InChI is InChI=1S/C10H6BrClN2/c11-8-4-2-1-3-7(8)9-5-6-13-10(12)14-9/h1-6H. The maximum atomic E-state index is 5.71. The Morgan fingerprint density at radius 2 is 1.93 bits per heavy atom. The molecule has 1 heterocycles. The second-order valence-corrected chi connectivity index (χ2v) is 3.88. The van der Waals surface area contributed by atoms with Gasteiger partial charge in [0.15, 0.2) is 0 Å². The van der Waals surface area contributed by atoms with Crippen LogP contribution in [0.5, 0.6) is 0 Å². The lowest BCUT2D eigenvalue weighted by Gasteiger charge is -2.02. The Balaban J connectivity index is 2.55. The fourth-order valence-electron chi connectivity index (χ4n) is 1.15. The summed E-state index contributed by atoms with van der Waals surface area (Å²) >= 11 is 9.16. The van der Waals surface area contributed by atoms with Crippen molar-refractivity contribution < 1.29 is 0 Å². The molecule has 0 radical (unpaired) electrons. The molecule has 0 fully saturated rings. The van der Waals surface area contributed by atoms with Gasteiger partial charge in [-0.25, -0.2) is 9.97 Å². The number of rotatable bonds is 1. The molecule has 0 saturated heterocycles. The summed E-state index contributed by atoms with van der Waals surface area (Å²) in [5, 5.41) is 0.262. The highest BCUT2D eigenvalue weighted by molar-refractivity contribution is 9.10. The van der Waals surface area contributed by atoms with E-state index in [4.69, 9.17) is 11.6 Å². The Hall–Kier alpha value is -0.930. The van der Waals surface area contributed by atoms with Gasteiger partial charge in [0.1, 0.15) is 0 Å². The third-order valence-corrected chi connectivity index (χ3v) is 2.65. The van der Waals surface area contributed by atoms with Crippen LogP contribution < -0.4 is 0 Å². The lowest BCUT2D eigenvalue weighted by molar-refractivity contribution is 1.17. The van der Waals surface area contributed by atoms with Crippen molar-refractivity contribution in [2.45, 2.75) is 0 Å². The van der Waals surface area contributed by atoms with Crippen molar-refractivity contribution in [1.29, 1.82) is 0 Å². The first-order chi connectivity index (χ1) is 6.77. The lowest BCUT2D eigenvalue weighted by Crippen LogP contribution is -1.86. The fraction of sp³-hybridized carbons (Fsp3) is 0. The summed E-state index contributed by atoms with van der Waals surface area (Å²) in [5.41, 5.74) is 1.83. The van der Waals surface area contributed by atoms with Gasteiger partial charge < -0.3 is 0 Å². The Labute approximate surface area is 95.1 Å². The molecule has 4 heteroatoms. The second kappa shape index (κ2) is 4.07. The molecule has 0 amide bonds. The largest absolute Gasteiger partial charge is 0.226 e. The van der Waals surface area contributed by atoms with Gasteiger partial charge >= 0.3 is 0 Å². The molecule has 0 atom stereocenters. The molecule has 1 aromatic carbocycles. The Kier molecular flexibility index (Phi) is 2.79. The van der Waals surface area contributed by atoms with Crippen molar-refractivity contribution in [2.24, 2.45) is 0 Å². The summed E-state index contributed by atoms with van der Waals surface area (Å²) < 4.78 is 0.995. The van der Waals surface area contributed by atoms with Crippen molar-refractivity contribution in [3.63, 3.8) is 0 Å². The van der Waals surface area contributed by atoms with Gasteiger partial charge in [-0.1, -0.05) is 34.1 Å². The maximum Gasteiger partial charge on any atom is 0.222 e. The Morgan fingerprint density at radius 1 is 1.14 bits per heavy atom. The molecule has 14 heavy (non-hydrogen) atoms. The number of hydrogen-bond donors (Lipinski definition) is 0. The van der Waals surface area contributed by atoms with Crippen LogP contribution in [0, 0.1) is 0 Å². The normalized spacial score (nSPS) is 10.1. The van der Waals surface area contributed by atoms with E-state index in [1.54, 1.807) is 6.20 Å². The SMILES string of the molecule is Clc1nccc(-c2ccccc2Br)n1. The van der Waals surface area contributed by atoms with E-state index in [0.717, 1.165) is 15.7 Å². The van der Waals surface area contributed by atoms with Crippen LogP contribution in [0.15, 0.2) is 41.0 Å². The molecule has 0 aliphatic rings. The van der Waals surface area contributed by atoms with E-state index < -0.39 is 0 Å². The smallest absolute Gasteiger partial charge is 0.222 e. The molecule has 2 aromatic rings. The summed E-state index contributed by atoms with van der Waals surface area (Å²) in [6.07, 6.45) is 1.64. The van der Waals surface area contributed by atoms with Gasteiger partial charge in [0.2, 0.25) is 5.28 Å². The molecule has 0 bridgehead atoms. The molecule has 0 saturated carbocycles. The van der Waals surface area contributed by atoms with Gasteiger partial charge in [0, 0.05) is 16.2 Å². The average Bonchev–Trinajstić information content (AvgIpc) is 2.18. The zero-order chi connectivity index (χ0) is 9.97. The van der Waals surface area contributed by atoms with Crippen molar-refractivity contribution in [3.05, 3.63) is 46.3 Å². The zero-order valence-corrected chi connectivity index (χ0v) is 9.46. The summed E-state index contributed by atoms with van der Waals surface area (Å²) in [7, 11) is 0. The van der Waals surface area contributed by atoms with E-state index in [1.807, 2.05) is 30.3 Å².